The summed E-state index contributed by atoms with van der Waals surface area (Å²) in [6, 6.07) is 14.7. The molecule has 4 rings (SSSR count). The zero-order chi connectivity index (χ0) is 16.2. The third-order valence-electron chi connectivity index (χ3n) is 4.58. The van der Waals surface area contributed by atoms with Crippen molar-refractivity contribution in [1.82, 2.24) is 9.80 Å². The Balaban J connectivity index is 2.05. The molecule has 2 aliphatic rings. The summed E-state index contributed by atoms with van der Waals surface area (Å²) in [5.74, 6) is -0.0624. The van der Waals surface area contributed by atoms with Crippen molar-refractivity contribution in [2.75, 3.05) is 13.1 Å². The molecular formula is C17H13ClN2O2S. The monoisotopic (exact) mass is 344 g/mol. The van der Waals surface area contributed by atoms with Crippen LogP contribution in [0.5, 0.6) is 0 Å². The van der Waals surface area contributed by atoms with Crippen molar-refractivity contribution in [3.05, 3.63) is 70.2 Å². The number of carbonyl (C=O) groups is 2. The fourth-order valence-electron chi connectivity index (χ4n) is 3.71. The summed E-state index contributed by atoms with van der Waals surface area (Å²) in [6.07, 6.45) is 0. The predicted molar refractivity (Wildman–Crippen MR) is 90.8 cm³/mol. The topological polar surface area (TPSA) is 40.6 Å². The number of carbonyl (C=O) groups excluding carboxylic acids is 2. The van der Waals surface area contributed by atoms with E-state index < -0.39 is 5.66 Å². The van der Waals surface area contributed by atoms with E-state index in [0.29, 0.717) is 23.7 Å². The number of rotatable bonds is 1. The van der Waals surface area contributed by atoms with E-state index >= 15 is 0 Å². The molecule has 0 aromatic heterocycles. The van der Waals surface area contributed by atoms with Gasteiger partial charge < -0.3 is 9.80 Å². The summed E-state index contributed by atoms with van der Waals surface area (Å²) in [5, 5.41) is 0.253. The van der Waals surface area contributed by atoms with Crippen LogP contribution in [0.3, 0.4) is 0 Å². The zero-order valence-corrected chi connectivity index (χ0v) is 13.7. The van der Waals surface area contributed by atoms with E-state index in [0.717, 1.165) is 11.1 Å². The van der Waals surface area contributed by atoms with Gasteiger partial charge in [-0.1, -0.05) is 54.6 Å². The SMILES string of the molecule is O=C(S)N1CCN2C(=O)c3ccccc3C12c1ccc(Cl)cc1. The first-order valence-corrected chi connectivity index (χ1v) is 8.07. The first-order valence-electron chi connectivity index (χ1n) is 7.25. The van der Waals surface area contributed by atoms with Gasteiger partial charge in [0.05, 0.1) is 0 Å². The number of nitrogens with zero attached hydrogens (tertiary/aromatic N) is 2. The van der Waals surface area contributed by atoms with Crippen molar-refractivity contribution >= 4 is 35.4 Å². The number of hydrogen-bond acceptors (Lipinski definition) is 2. The highest BCUT2D eigenvalue weighted by Gasteiger charge is 2.59. The summed E-state index contributed by atoms with van der Waals surface area (Å²) >= 11 is 10.1. The van der Waals surface area contributed by atoms with E-state index in [-0.39, 0.29) is 11.1 Å². The van der Waals surface area contributed by atoms with Gasteiger partial charge in [0.2, 0.25) is 0 Å². The molecule has 0 spiro atoms. The second kappa shape index (κ2) is 5.01. The van der Waals surface area contributed by atoms with E-state index in [1.54, 1.807) is 28.0 Å². The van der Waals surface area contributed by atoms with Gasteiger partial charge in [0.1, 0.15) is 0 Å². The minimum absolute atomic E-state index is 0.0624. The standard InChI is InChI=1S/C17H13ClN2O2S/c18-12-7-5-11(6-8-12)17-14-4-2-1-3-13(14)15(21)19(17)9-10-20(17)16(22)23/h1-8H,9-10H2,(H,22,23). The predicted octanol–water partition coefficient (Wildman–Crippen LogP) is 3.36. The van der Waals surface area contributed by atoms with Gasteiger partial charge in [-0.3, -0.25) is 9.59 Å². The lowest BCUT2D eigenvalue weighted by Crippen LogP contribution is -2.50. The molecule has 0 aliphatic carbocycles. The largest absolute Gasteiger partial charge is 0.306 e. The number of amides is 2. The molecule has 0 N–H and O–H groups in total. The van der Waals surface area contributed by atoms with Crippen LogP contribution in [0.2, 0.25) is 5.02 Å². The van der Waals surface area contributed by atoms with Gasteiger partial charge >= 0.3 is 0 Å². The number of benzene rings is 2. The van der Waals surface area contributed by atoms with Crippen LogP contribution in [-0.2, 0) is 5.66 Å². The van der Waals surface area contributed by atoms with Gasteiger partial charge in [-0.05, 0) is 18.2 Å². The van der Waals surface area contributed by atoms with Crippen LogP contribution in [-0.4, -0.2) is 34.0 Å². The molecule has 4 nitrogen and oxygen atoms in total. The molecule has 2 amide bonds. The average Bonchev–Trinajstić information content (AvgIpc) is 3.05. The lowest BCUT2D eigenvalue weighted by Gasteiger charge is -2.39. The minimum Gasteiger partial charge on any atom is -0.306 e. The Kier molecular flexibility index (Phi) is 3.18. The third kappa shape index (κ3) is 1.80. The van der Waals surface area contributed by atoms with Crippen molar-refractivity contribution in [1.29, 1.82) is 0 Å². The summed E-state index contributed by atoms with van der Waals surface area (Å²) in [6.45, 7) is 0.924. The molecule has 1 fully saturated rings. The molecular weight excluding hydrogens is 332 g/mol. The smallest absolute Gasteiger partial charge is 0.281 e. The van der Waals surface area contributed by atoms with Crippen LogP contribution in [0.15, 0.2) is 48.5 Å². The molecule has 0 saturated carbocycles. The Morgan fingerprint density at radius 3 is 2.48 bits per heavy atom. The van der Waals surface area contributed by atoms with Crippen molar-refractivity contribution in [2.24, 2.45) is 0 Å². The van der Waals surface area contributed by atoms with Gasteiger partial charge in [-0.15, -0.1) is 0 Å². The van der Waals surface area contributed by atoms with Gasteiger partial charge in [0.25, 0.3) is 11.1 Å². The molecule has 0 bridgehead atoms. The molecule has 2 aromatic rings. The fourth-order valence-corrected chi connectivity index (χ4v) is 4.08. The summed E-state index contributed by atoms with van der Waals surface area (Å²) in [4.78, 5) is 28.4. The Hall–Kier alpha value is -1.98. The summed E-state index contributed by atoms with van der Waals surface area (Å²) < 4.78 is 0. The van der Waals surface area contributed by atoms with Gasteiger partial charge in [0.15, 0.2) is 5.66 Å². The van der Waals surface area contributed by atoms with Crippen molar-refractivity contribution in [3.8, 4) is 0 Å². The van der Waals surface area contributed by atoms with Gasteiger partial charge in [0, 0.05) is 34.8 Å². The highest BCUT2D eigenvalue weighted by molar-refractivity contribution is 7.96. The highest BCUT2D eigenvalue weighted by Crippen LogP contribution is 2.49. The molecule has 2 aliphatic heterocycles. The van der Waals surface area contributed by atoms with Crippen LogP contribution in [0.25, 0.3) is 0 Å². The molecule has 0 radical (unpaired) electrons. The van der Waals surface area contributed by atoms with Crippen molar-refractivity contribution < 1.29 is 9.59 Å². The molecule has 2 aromatic carbocycles. The molecule has 1 atom stereocenters. The van der Waals surface area contributed by atoms with Crippen molar-refractivity contribution in [2.45, 2.75) is 5.66 Å². The van der Waals surface area contributed by atoms with E-state index in [4.69, 9.17) is 11.6 Å². The minimum atomic E-state index is -0.933. The Morgan fingerprint density at radius 1 is 1.09 bits per heavy atom. The second-order valence-corrected chi connectivity index (χ2v) is 6.43. The van der Waals surface area contributed by atoms with Crippen LogP contribution in [0.4, 0.5) is 4.79 Å². The molecule has 23 heavy (non-hydrogen) atoms. The maximum Gasteiger partial charge on any atom is 0.281 e. The molecule has 116 valence electrons. The Morgan fingerprint density at radius 2 is 1.78 bits per heavy atom. The lowest BCUT2D eigenvalue weighted by atomic mass is 9.90. The summed E-state index contributed by atoms with van der Waals surface area (Å²) in [7, 11) is 0. The first kappa shape index (κ1) is 14.6. The van der Waals surface area contributed by atoms with E-state index in [2.05, 4.69) is 12.6 Å². The maximum atomic E-state index is 12.8. The molecule has 1 saturated heterocycles. The lowest BCUT2D eigenvalue weighted by molar-refractivity contribution is 0.0572. The van der Waals surface area contributed by atoms with Crippen LogP contribution in [0, 0.1) is 0 Å². The number of thiol groups is 1. The average molecular weight is 345 g/mol. The van der Waals surface area contributed by atoms with Gasteiger partial charge in [-0.2, -0.15) is 0 Å². The molecule has 6 heteroatoms. The highest BCUT2D eigenvalue weighted by atomic mass is 35.5. The molecule has 2 heterocycles. The zero-order valence-electron chi connectivity index (χ0n) is 12.1. The van der Waals surface area contributed by atoms with E-state index in [1.807, 2.05) is 30.3 Å². The molecule has 1 unspecified atom stereocenters. The fraction of sp³-hybridized carbons (Fsp3) is 0.176. The van der Waals surface area contributed by atoms with Crippen LogP contribution >= 0.6 is 24.2 Å². The summed E-state index contributed by atoms with van der Waals surface area (Å²) in [5.41, 5.74) is 1.34. The Labute approximate surface area is 144 Å². The third-order valence-corrected chi connectivity index (χ3v) is 5.08. The maximum absolute atomic E-state index is 12.8. The van der Waals surface area contributed by atoms with Crippen LogP contribution < -0.4 is 0 Å². The number of halogens is 1. The quantitative estimate of drug-likeness (QED) is 0.806. The van der Waals surface area contributed by atoms with Crippen molar-refractivity contribution in [3.63, 3.8) is 0 Å². The van der Waals surface area contributed by atoms with E-state index in [1.165, 1.54) is 0 Å². The normalized spacial score (nSPS) is 22.3. The van der Waals surface area contributed by atoms with Gasteiger partial charge in [-0.25, -0.2) is 0 Å². The number of fused-ring (bicyclic) bond motifs is 3. The Bertz CT molecular complexity index is 820. The van der Waals surface area contributed by atoms with E-state index in [9.17, 15) is 9.59 Å². The first-order chi connectivity index (χ1) is 11.1. The second-order valence-electron chi connectivity index (χ2n) is 5.62. The van der Waals surface area contributed by atoms with Crippen LogP contribution in [0.1, 0.15) is 21.5 Å². The number of hydrogen-bond donors (Lipinski definition) is 1.